The van der Waals surface area contributed by atoms with Gasteiger partial charge in [-0.05, 0) is 13.3 Å². The summed E-state index contributed by atoms with van der Waals surface area (Å²) in [5.74, 6) is 0. The van der Waals surface area contributed by atoms with Crippen LogP contribution < -0.4 is 0 Å². The third-order valence-electron chi connectivity index (χ3n) is 4.51. The molecule has 3 fully saturated rings. The molecular formula is C16H28O6. The molecule has 0 radical (unpaired) electrons. The Morgan fingerprint density at radius 3 is 1.73 bits per heavy atom. The Hall–Kier alpha value is -0.240. The summed E-state index contributed by atoms with van der Waals surface area (Å²) in [7, 11) is 0. The molecule has 0 aliphatic carbocycles. The van der Waals surface area contributed by atoms with Crippen LogP contribution in [0.25, 0.3) is 0 Å². The molecule has 0 saturated carbocycles. The van der Waals surface area contributed by atoms with Gasteiger partial charge in [-0.2, -0.15) is 0 Å². The van der Waals surface area contributed by atoms with Crippen molar-refractivity contribution < 1.29 is 28.4 Å². The summed E-state index contributed by atoms with van der Waals surface area (Å²) in [6.07, 6.45) is 2.12. The summed E-state index contributed by atoms with van der Waals surface area (Å²) in [4.78, 5) is 0. The monoisotopic (exact) mass is 316 g/mol. The zero-order valence-corrected chi connectivity index (χ0v) is 13.6. The molecule has 128 valence electrons. The van der Waals surface area contributed by atoms with E-state index in [2.05, 4.69) is 13.8 Å². The van der Waals surface area contributed by atoms with E-state index < -0.39 is 0 Å². The van der Waals surface area contributed by atoms with Crippen molar-refractivity contribution in [2.45, 2.75) is 44.7 Å². The fourth-order valence-corrected chi connectivity index (χ4v) is 2.37. The maximum atomic E-state index is 5.88. The second kappa shape index (κ2) is 7.55. The van der Waals surface area contributed by atoms with Gasteiger partial charge in [0.1, 0.15) is 18.3 Å². The Labute approximate surface area is 132 Å². The zero-order chi connectivity index (χ0) is 15.4. The fourth-order valence-electron chi connectivity index (χ4n) is 2.37. The van der Waals surface area contributed by atoms with Crippen LogP contribution in [0.2, 0.25) is 0 Å². The topological polar surface area (TPSA) is 65.3 Å². The highest BCUT2D eigenvalue weighted by Crippen LogP contribution is 2.27. The predicted octanol–water partition coefficient (Wildman–Crippen LogP) is 1.02. The van der Waals surface area contributed by atoms with E-state index in [1.807, 2.05) is 0 Å². The first-order valence-electron chi connectivity index (χ1n) is 8.33. The van der Waals surface area contributed by atoms with Crippen LogP contribution in [0.15, 0.2) is 0 Å². The van der Waals surface area contributed by atoms with Gasteiger partial charge in [-0.25, -0.2) is 0 Å². The molecule has 0 amide bonds. The van der Waals surface area contributed by atoms with Crippen molar-refractivity contribution in [2.75, 3.05) is 52.9 Å². The van der Waals surface area contributed by atoms with Crippen molar-refractivity contribution in [3.8, 4) is 0 Å². The lowest BCUT2D eigenvalue weighted by atomic mass is 9.88. The molecule has 0 N–H and O–H groups in total. The first kappa shape index (κ1) is 16.6. The summed E-state index contributed by atoms with van der Waals surface area (Å²) >= 11 is 0. The number of hydrogen-bond donors (Lipinski definition) is 0. The Kier molecular flexibility index (Phi) is 5.70. The van der Waals surface area contributed by atoms with E-state index in [-0.39, 0.29) is 23.7 Å². The molecule has 0 aromatic carbocycles. The Morgan fingerprint density at radius 1 is 0.909 bits per heavy atom. The lowest BCUT2D eigenvalue weighted by Gasteiger charge is -2.32. The highest BCUT2D eigenvalue weighted by atomic mass is 16.6. The maximum absolute atomic E-state index is 5.88. The van der Waals surface area contributed by atoms with Gasteiger partial charge in [0.2, 0.25) is 0 Å². The first-order valence-corrected chi connectivity index (χ1v) is 8.33. The van der Waals surface area contributed by atoms with Gasteiger partial charge in [-0.1, -0.05) is 6.92 Å². The molecule has 3 rings (SSSR count). The quantitative estimate of drug-likeness (QED) is 0.473. The van der Waals surface area contributed by atoms with E-state index in [9.17, 15) is 0 Å². The average Bonchev–Trinajstić information content (AvgIpc) is 3.33. The minimum Gasteiger partial charge on any atom is -0.378 e. The Morgan fingerprint density at radius 2 is 1.36 bits per heavy atom. The van der Waals surface area contributed by atoms with Crippen LogP contribution in [0.1, 0.15) is 20.3 Å². The molecule has 0 aromatic heterocycles. The summed E-state index contributed by atoms with van der Waals surface area (Å²) < 4.78 is 33.3. The molecule has 0 bridgehead atoms. The summed E-state index contributed by atoms with van der Waals surface area (Å²) in [6, 6.07) is 0. The largest absolute Gasteiger partial charge is 0.378 e. The molecule has 6 heteroatoms. The van der Waals surface area contributed by atoms with Gasteiger partial charge in [-0.3, -0.25) is 0 Å². The SMILES string of the molecule is CCC(COCC1CO1)(COCC1CO1)COCC1OC1C. The second-order valence-electron chi connectivity index (χ2n) is 6.69. The highest BCUT2D eigenvalue weighted by Gasteiger charge is 2.37. The van der Waals surface area contributed by atoms with Gasteiger partial charge in [-0.15, -0.1) is 0 Å². The van der Waals surface area contributed by atoms with Crippen LogP contribution in [0, 0.1) is 5.41 Å². The molecule has 4 unspecified atom stereocenters. The van der Waals surface area contributed by atoms with E-state index in [0.29, 0.717) is 45.7 Å². The molecule has 3 aliphatic heterocycles. The first-order chi connectivity index (χ1) is 10.7. The van der Waals surface area contributed by atoms with Gasteiger partial charge >= 0.3 is 0 Å². The minimum absolute atomic E-state index is 0.109. The third-order valence-corrected chi connectivity index (χ3v) is 4.51. The van der Waals surface area contributed by atoms with Crippen molar-refractivity contribution in [1.82, 2.24) is 0 Å². The van der Waals surface area contributed by atoms with Gasteiger partial charge in [0.25, 0.3) is 0 Å². The molecule has 0 spiro atoms. The zero-order valence-electron chi connectivity index (χ0n) is 13.6. The Bertz CT molecular complexity index is 324. The van der Waals surface area contributed by atoms with Crippen molar-refractivity contribution in [3.05, 3.63) is 0 Å². The average molecular weight is 316 g/mol. The number of ether oxygens (including phenoxy) is 6. The van der Waals surface area contributed by atoms with Crippen molar-refractivity contribution in [3.63, 3.8) is 0 Å². The third kappa shape index (κ3) is 5.44. The normalized spacial score (nSPS) is 35.2. The second-order valence-corrected chi connectivity index (χ2v) is 6.69. The molecule has 3 saturated heterocycles. The predicted molar refractivity (Wildman–Crippen MR) is 79.0 cm³/mol. The molecular weight excluding hydrogens is 288 g/mol. The maximum Gasteiger partial charge on any atom is 0.107 e. The van der Waals surface area contributed by atoms with E-state index in [1.165, 1.54) is 0 Å². The fraction of sp³-hybridized carbons (Fsp3) is 1.00. The lowest BCUT2D eigenvalue weighted by molar-refractivity contribution is -0.0762. The van der Waals surface area contributed by atoms with Crippen molar-refractivity contribution in [2.24, 2.45) is 5.41 Å². The number of hydrogen-bond acceptors (Lipinski definition) is 6. The summed E-state index contributed by atoms with van der Waals surface area (Å²) in [5, 5.41) is 0. The van der Waals surface area contributed by atoms with Crippen LogP contribution in [0.3, 0.4) is 0 Å². The van der Waals surface area contributed by atoms with Crippen LogP contribution in [-0.4, -0.2) is 77.3 Å². The molecule has 22 heavy (non-hydrogen) atoms. The standard InChI is InChI=1S/C16H28O6/c1-3-16(9-17-4-13-6-20-13,10-18-5-14-7-21-14)11-19-8-15-12(2)22-15/h12-15H,3-11H2,1-2H3. The molecule has 3 heterocycles. The highest BCUT2D eigenvalue weighted by molar-refractivity contribution is 4.83. The lowest BCUT2D eigenvalue weighted by Crippen LogP contribution is -2.38. The van der Waals surface area contributed by atoms with Gasteiger partial charge < -0.3 is 28.4 Å². The van der Waals surface area contributed by atoms with E-state index in [0.717, 1.165) is 19.6 Å². The molecule has 6 nitrogen and oxygen atoms in total. The van der Waals surface area contributed by atoms with Crippen LogP contribution in [-0.2, 0) is 28.4 Å². The number of epoxide rings is 3. The minimum atomic E-state index is -0.109. The molecule has 0 aromatic rings. The number of rotatable bonds is 13. The van der Waals surface area contributed by atoms with E-state index in [4.69, 9.17) is 28.4 Å². The summed E-state index contributed by atoms with van der Waals surface area (Å²) in [5.41, 5.74) is -0.109. The molecule has 3 aliphatic rings. The van der Waals surface area contributed by atoms with E-state index in [1.54, 1.807) is 0 Å². The molecule has 4 atom stereocenters. The van der Waals surface area contributed by atoms with Gasteiger partial charge in [0.15, 0.2) is 0 Å². The van der Waals surface area contributed by atoms with Crippen LogP contribution in [0.4, 0.5) is 0 Å². The summed E-state index contributed by atoms with van der Waals surface area (Å²) in [6.45, 7) is 9.75. The van der Waals surface area contributed by atoms with Gasteiger partial charge in [0, 0.05) is 5.41 Å². The van der Waals surface area contributed by atoms with Crippen LogP contribution in [0.5, 0.6) is 0 Å². The van der Waals surface area contributed by atoms with Crippen LogP contribution >= 0.6 is 0 Å². The van der Waals surface area contributed by atoms with Crippen molar-refractivity contribution in [1.29, 1.82) is 0 Å². The Balaban J connectivity index is 1.41. The van der Waals surface area contributed by atoms with Crippen molar-refractivity contribution >= 4 is 0 Å². The van der Waals surface area contributed by atoms with Gasteiger partial charge in [0.05, 0.1) is 59.0 Å². The smallest absolute Gasteiger partial charge is 0.107 e. The van der Waals surface area contributed by atoms with E-state index >= 15 is 0 Å².